The fraction of sp³-hybridized carbons (Fsp3) is 0. The van der Waals surface area contributed by atoms with Crippen LogP contribution in [-0.2, 0) is 0 Å². The second kappa shape index (κ2) is 15.6. The summed E-state index contributed by atoms with van der Waals surface area (Å²) in [5.41, 5.74) is 9.75. The molecule has 286 valence electrons. The van der Waals surface area contributed by atoms with Crippen LogP contribution in [0.1, 0.15) is 0 Å². The Labute approximate surface area is 356 Å². The van der Waals surface area contributed by atoms with E-state index in [1.165, 1.54) is 31.3 Å². The van der Waals surface area contributed by atoms with E-state index in [4.69, 9.17) is 29.9 Å². The van der Waals surface area contributed by atoms with Crippen LogP contribution < -0.4 is 0 Å². The van der Waals surface area contributed by atoms with Gasteiger partial charge in [0, 0.05) is 53.6 Å². The van der Waals surface area contributed by atoms with Gasteiger partial charge in [0.15, 0.2) is 34.9 Å². The molecule has 0 aliphatic carbocycles. The molecule has 3 aromatic heterocycles. The molecule has 0 spiro atoms. The van der Waals surface area contributed by atoms with Gasteiger partial charge in [0.25, 0.3) is 0 Å². The van der Waals surface area contributed by atoms with E-state index >= 15 is 0 Å². The first kappa shape index (κ1) is 36.1. The van der Waals surface area contributed by atoms with Crippen molar-refractivity contribution in [2.45, 2.75) is 0 Å². The number of benzene rings is 8. The molecule has 0 N–H and O–H groups in total. The standard InChI is InChI=1S/C54H34N6S/c1-6-17-35(18-7-1)43-27-16-28-45-44-32-29-40(34-47(44)61-48(43)45)42-31-30-41(53-57-49(36-19-8-2-9-20-36)55-50(58-53)37-21-10-3-11-22-37)33-46(42)54-59-51(38-23-12-4-13-24-38)56-52(60-54)39-25-14-5-15-26-39/h1-34H. The molecule has 0 aliphatic rings. The highest BCUT2D eigenvalue weighted by Crippen LogP contribution is 2.43. The fourth-order valence-electron chi connectivity index (χ4n) is 7.80. The van der Waals surface area contributed by atoms with Gasteiger partial charge < -0.3 is 0 Å². The van der Waals surface area contributed by atoms with Crippen LogP contribution in [-0.4, -0.2) is 29.9 Å². The van der Waals surface area contributed by atoms with Crippen molar-refractivity contribution in [1.29, 1.82) is 0 Å². The van der Waals surface area contributed by atoms with Crippen molar-refractivity contribution in [1.82, 2.24) is 29.9 Å². The van der Waals surface area contributed by atoms with Gasteiger partial charge in [-0.2, -0.15) is 0 Å². The lowest BCUT2D eigenvalue weighted by Gasteiger charge is -2.14. The van der Waals surface area contributed by atoms with E-state index in [2.05, 4.69) is 84.9 Å². The molecule has 0 atom stereocenters. The fourth-order valence-corrected chi connectivity index (χ4v) is 9.08. The minimum absolute atomic E-state index is 0.549. The predicted molar refractivity (Wildman–Crippen MR) is 250 cm³/mol. The second-order valence-corrected chi connectivity index (χ2v) is 15.8. The van der Waals surface area contributed by atoms with Crippen LogP contribution in [0.15, 0.2) is 206 Å². The SMILES string of the molecule is c1ccc(-c2nc(-c3ccccc3)nc(-c3ccc(-c4ccc5c(c4)sc4c(-c6ccccc6)cccc45)c(-c4nc(-c5ccccc5)nc(-c5ccccc5)n4)c3)n2)cc1. The van der Waals surface area contributed by atoms with E-state index in [0.717, 1.165) is 44.5 Å². The highest BCUT2D eigenvalue weighted by Gasteiger charge is 2.20. The van der Waals surface area contributed by atoms with E-state index in [9.17, 15) is 0 Å². The van der Waals surface area contributed by atoms with E-state index in [0.29, 0.717) is 34.9 Å². The van der Waals surface area contributed by atoms with Crippen molar-refractivity contribution in [2.24, 2.45) is 0 Å². The average molecular weight is 799 g/mol. The summed E-state index contributed by atoms with van der Waals surface area (Å²) in [6.07, 6.45) is 0. The number of rotatable bonds is 8. The summed E-state index contributed by atoms with van der Waals surface area (Å²) >= 11 is 1.82. The smallest absolute Gasteiger partial charge is 0.164 e. The Morgan fingerprint density at radius 1 is 0.246 bits per heavy atom. The van der Waals surface area contributed by atoms with E-state index < -0.39 is 0 Å². The third-order valence-corrected chi connectivity index (χ3v) is 12.0. The molecule has 61 heavy (non-hydrogen) atoms. The lowest BCUT2D eigenvalue weighted by Crippen LogP contribution is -2.02. The lowest BCUT2D eigenvalue weighted by atomic mass is 9.95. The van der Waals surface area contributed by atoms with Crippen LogP contribution in [0.5, 0.6) is 0 Å². The number of fused-ring (bicyclic) bond motifs is 3. The highest BCUT2D eigenvalue weighted by atomic mass is 32.1. The van der Waals surface area contributed by atoms with Gasteiger partial charge in [-0.3, -0.25) is 0 Å². The Morgan fingerprint density at radius 2 is 0.672 bits per heavy atom. The Hall–Kier alpha value is -8.00. The molecule has 11 rings (SSSR count). The van der Waals surface area contributed by atoms with Gasteiger partial charge >= 0.3 is 0 Å². The third kappa shape index (κ3) is 7.03. The van der Waals surface area contributed by atoms with Gasteiger partial charge in [0.05, 0.1) is 0 Å². The summed E-state index contributed by atoms with van der Waals surface area (Å²) in [5, 5.41) is 2.48. The zero-order chi connectivity index (χ0) is 40.5. The molecule has 0 amide bonds. The largest absolute Gasteiger partial charge is 0.208 e. The summed E-state index contributed by atoms with van der Waals surface area (Å²) < 4.78 is 2.47. The van der Waals surface area contributed by atoms with Crippen LogP contribution in [0.4, 0.5) is 0 Å². The summed E-state index contributed by atoms with van der Waals surface area (Å²) in [5.74, 6) is 3.47. The number of hydrogen-bond acceptors (Lipinski definition) is 7. The van der Waals surface area contributed by atoms with Crippen LogP contribution in [0.3, 0.4) is 0 Å². The summed E-state index contributed by atoms with van der Waals surface area (Å²) in [4.78, 5) is 30.6. The van der Waals surface area contributed by atoms with Gasteiger partial charge in [-0.25, -0.2) is 29.9 Å². The normalized spacial score (nSPS) is 11.3. The first-order valence-electron chi connectivity index (χ1n) is 20.1. The number of thiophene rings is 1. The van der Waals surface area contributed by atoms with Crippen LogP contribution in [0.25, 0.3) is 111 Å². The van der Waals surface area contributed by atoms with Crippen molar-refractivity contribution in [2.75, 3.05) is 0 Å². The minimum Gasteiger partial charge on any atom is -0.208 e. The molecule has 6 nitrogen and oxygen atoms in total. The zero-order valence-electron chi connectivity index (χ0n) is 32.7. The number of aromatic nitrogens is 6. The number of nitrogens with zero attached hydrogens (tertiary/aromatic N) is 6. The van der Waals surface area contributed by atoms with E-state index in [1.807, 2.05) is 133 Å². The Bertz CT molecular complexity index is 3220. The molecule has 0 unspecified atom stereocenters. The molecule has 0 radical (unpaired) electrons. The molecule has 3 heterocycles. The van der Waals surface area contributed by atoms with Crippen molar-refractivity contribution >= 4 is 31.5 Å². The molecule has 0 aliphatic heterocycles. The van der Waals surface area contributed by atoms with Crippen LogP contribution in [0.2, 0.25) is 0 Å². The molecular formula is C54H34N6S. The Balaban J connectivity index is 1.14. The van der Waals surface area contributed by atoms with Gasteiger partial charge in [-0.05, 0) is 34.4 Å². The average Bonchev–Trinajstić information content (AvgIpc) is 3.73. The summed E-state index contributed by atoms with van der Waals surface area (Å²) in [6, 6.07) is 70.6. The zero-order valence-corrected chi connectivity index (χ0v) is 33.5. The highest BCUT2D eigenvalue weighted by molar-refractivity contribution is 7.26. The molecule has 0 saturated heterocycles. The summed E-state index contributed by atoms with van der Waals surface area (Å²) in [6.45, 7) is 0. The third-order valence-electron chi connectivity index (χ3n) is 10.8. The molecule has 8 aromatic carbocycles. The predicted octanol–water partition coefficient (Wildman–Crippen LogP) is 13.8. The molecule has 7 heteroatoms. The second-order valence-electron chi connectivity index (χ2n) is 14.7. The molecule has 0 bridgehead atoms. The minimum atomic E-state index is 0.549. The topological polar surface area (TPSA) is 77.3 Å². The van der Waals surface area contributed by atoms with Gasteiger partial charge in [0.2, 0.25) is 0 Å². The molecule has 0 saturated carbocycles. The summed E-state index contributed by atoms with van der Waals surface area (Å²) in [7, 11) is 0. The molecule has 0 fully saturated rings. The first-order valence-corrected chi connectivity index (χ1v) is 20.9. The molecular weight excluding hydrogens is 765 g/mol. The van der Waals surface area contributed by atoms with Crippen molar-refractivity contribution in [3.05, 3.63) is 206 Å². The maximum Gasteiger partial charge on any atom is 0.164 e. The lowest BCUT2D eigenvalue weighted by molar-refractivity contribution is 1.07. The van der Waals surface area contributed by atoms with E-state index in [-0.39, 0.29) is 0 Å². The maximum atomic E-state index is 5.22. The van der Waals surface area contributed by atoms with Crippen LogP contribution >= 0.6 is 11.3 Å². The van der Waals surface area contributed by atoms with Gasteiger partial charge in [-0.1, -0.05) is 194 Å². The Morgan fingerprint density at radius 3 is 1.16 bits per heavy atom. The molecule has 11 aromatic rings. The van der Waals surface area contributed by atoms with Crippen molar-refractivity contribution in [3.8, 4) is 90.6 Å². The number of hydrogen-bond donors (Lipinski definition) is 0. The monoisotopic (exact) mass is 798 g/mol. The van der Waals surface area contributed by atoms with Crippen LogP contribution in [0, 0.1) is 0 Å². The Kier molecular flexibility index (Phi) is 9.26. The maximum absolute atomic E-state index is 5.22. The van der Waals surface area contributed by atoms with E-state index in [1.54, 1.807) is 0 Å². The van der Waals surface area contributed by atoms with Gasteiger partial charge in [-0.15, -0.1) is 11.3 Å². The van der Waals surface area contributed by atoms with Crippen molar-refractivity contribution < 1.29 is 0 Å². The quantitative estimate of drug-likeness (QED) is 0.152. The van der Waals surface area contributed by atoms with Gasteiger partial charge in [0.1, 0.15) is 0 Å². The van der Waals surface area contributed by atoms with Crippen molar-refractivity contribution in [3.63, 3.8) is 0 Å². The first-order chi connectivity index (χ1) is 30.2.